The van der Waals surface area contributed by atoms with Gasteiger partial charge in [0.1, 0.15) is 16.7 Å². The second kappa shape index (κ2) is 11.1. The molecule has 1 aliphatic rings. The highest BCUT2D eigenvalue weighted by molar-refractivity contribution is 7.89. The standard InChI is InChI=1S/C25H33N3O5S/c1-5-6-20-7-8-24-22(13-20)33-23(18(2)15-28(19(3)17-29)34(24,31)32)16-27(4)25(30)14-21-9-11-26-12-10-21/h5-13,18-19,23,29H,14-17H2,1-4H3/b6-5+/t18-,19-,23+/m0/s1. The van der Waals surface area contributed by atoms with Gasteiger partial charge in [0.05, 0.1) is 19.6 Å². The molecule has 1 aromatic heterocycles. The normalized spacial score (nSPS) is 21.2. The minimum atomic E-state index is -3.89. The van der Waals surface area contributed by atoms with Crippen LogP contribution in [0.2, 0.25) is 0 Å². The van der Waals surface area contributed by atoms with E-state index in [0.717, 1.165) is 11.1 Å². The van der Waals surface area contributed by atoms with Crippen LogP contribution in [0.1, 0.15) is 31.9 Å². The number of amides is 1. The van der Waals surface area contributed by atoms with Gasteiger partial charge in [0.2, 0.25) is 15.9 Å². The Balaban J connectivity index is 1.94. The van der Waals surface area contributed by atoms with Gasteiger partial charge in [-0.3, -0.25) is 9.78 Å². The topological polar surface area (TPSA) is 100 Å². The number of aliphatic hydroxyl groups excluding tert-OH is 1. The Morgan fingerprint density at radius 2 is 2.03 bits per heavy atom. The monoisotopic (exact) mass is 487 g/mol. The molecule has 2 aromatic rings. The van der Waals surface area contributed by atoms with Crippen LogP contribution in [-0.2, 0) is 21.2 Å². The Morgan fingerprint density at radius 1 is 1.32 bits per heavy atom. The summed E-state index contributed by atoms with van der Waals surface area (Å²) in [6.45, 7) is 5.62. The predicted octanol–water partition coefficient (Wildman–Crippen LogP) is 2.58. The first-order chi connectivity index (χ1) is 16.2. The number of carbonyl (C=O) groups excluding carboxylic acids is 1. The molecule has 1 aromatic carbocycles. The molecule has 3 atom stereocenters. The Hall–Kier alpha value is -2.75. The zero-order valence-electron chi connectivity index (χ0n) is 20.1. The lowest BCUT2D eigenvalue weighted by Crippen LogP contribution is -2.50. The second-order valence-corrected chi connectivity index (χ2v) is 10.6. The number of hydrogen-bond donors (Lipinski definition) is 1. The van der Waals surface area contributed by atoms with E-state index in [9.17, 15) is 18.3 Å². The summed E-state index contributed by atoms with van der Waals surface area (Å²) in [5, 5.41) is 9.75. The molecule has 184 valence electrons. The average molecular weight is 488 g/mol. The van der Waals surface area contributed by atoms with Crippen LogP contribution in [0.25, 0.3) is 6.08 Å². The van der Waals surface area contributed by atoms with Gasteiger partial charge >= 0.3 is 0 Å². The number of pyridine rings is 1. The van der Waals surface area contributed by atoms with Crippen molar-refractivity contribution in [2.75, 3.05) is 26.7 Å². The number of carbonyl (C=O) groups is 1. The molecule has 0 radical (unpaired) electrons. The molecule has 34 heavy (non-hydrogen) atoms. The van der Waals surface area contributed by atoms with Gasteiger partial charge < -0.3 is 14.7 Å². The number of likely N-dealkylation sites (N-methyl/N-ethyl adjacent to an activating group) is 1. The lowest BCUT2D eigenvalue weighted by Gasteiger charge is -2.37. The molecule has 2 heterocycles. The molecular formula is C25H33N3O5S. The molecule has 8 nitrogen and oxygen atoms in total. The van der Waals surface area contributed by atoms with Crippen molar-refractivity contribution in [3.8, 4) is 5.75 Å². The molecule has 1 aliphatic heterocycles. The third-order valence-corrected chi connectivity index (χ3v) is 8.05. The van der Waals surface area contributed by atoms with Gasteiger partial charge in [-0.15, -0.1) is 0 Å². The van der Waals surface area contributed by atoms with E-state index in [4.69, 9.17) is 4.74 Å². The van der Waals surface area contributed by atoms with E-state index in [0.29, 0.717) is 6.54 Å². The minimum absolute atomic E-state index is 0.0590. The quantitative estimate of drug-likeness (QED) is 0.644. The smallest absolute Gasteiger partial charge is 0.247 e. The van der Waals surface area contributed by atoms with Crippen molar-refractivity contribution in [2.45, 2.75) is 44.2 Å². The summed E-state index contributed by atoms with van der Waals surface area (Å²) in [6, 6.07) is 7.99. The number of aliphatic hydroxyl groups is 1. The summed E-state index contributed by atoms with van der Waals surface area (Å²) in [5.74, 6) is -0.0594. The summed E-state index contributed by atoms with van der Waals surface area (Å²) >= 11 is 0. The summed E-state index contributed by atoms with van der Waals surface area (Å²) in [5.41, 5.74) is 1.68. The highest BCUT2D eigenvalue weighted by Gasteiger charge is 2.38. The van der Waals surface area contributed by atoms with Crippen molar-refractivity contribution < 1.29 is 23.1 Å². The van der Waals surface area contributed by atoms with Gasteiger partial charge in [-0.2, -0.15) is 4.31 Å². The lowest BCUT2D eigenvalue weighted by molar-refractivity contribution is -0.130. The van der Waals surface area contributed by atoms with Crippen LogP contribution < -0.4 is 4.74 Å². The molecule has 0 bridgehead atoms. The first-order valence-electron chi connectivity index (χ1n) is 11.4. The Bertz CT molecular complexity index is 1120. The molecule has 1 N–H and O–H groups in total. The number of rotatable bonds is 7. The van der Waals surface area contributed by atoms with E-state index < -0.39 is 22.2 Å². The van der Waals surface area contributed by atoms with E-state index in [-0.39, 0.29) is 42.0 Å². The molecule has 0 unspecified atom stereocenters. The van der Waals surface area contributed by atoms with Crippen LogP contribution in [0, 0.1) is 5.92 Å². The zero-order valence-corrected chi connectivity index (χ0v) is 20.9. The second-order valence-electron chi connectivity index (χ2n) is 8.75. The van der Waals surface area contributed by atoms with Crippen molar-refractivity contribution in [3.63, 3.8) is 0 Å². The first-order valence-corrected chi connectivity index (χ1v) is 12.8. The van der Waals surface area contributed by atoms with Crippen LogP contribution in [-0.4, -0.2) is 72.5 Å². The van der Waals surface area contributed by atoms with Gasteiger partial charge in [-0.05, 0) is 49.2 Å². The fourth-order valence-corrected chi connectivity index (χ4v) is 5.76. The van der Waals surface area contributed by atoms with Gasteiger partial charge in [0.25, 0.3) is 0 Å². The van der Waals surface area contributed by atoms with Gasteiger partial charge in [0, 0.05) is 37.9 Å². The van der Waals surface area contributed by atoms with E-state index in [1.165, 1.54) is 4.31 Å². The average Bonchev–Trinajstić information content (AvgIpc) is 2.81. The first kappa shape index (κ1) is 25.9. The Labute approximate surface area is 201 Å². The van der Waals surface area contributed by atoms with Gasteiger partial charge in [0.15, 0.2) is 0 Å². The maximum atomic E-state index is 13.5. The van der Waals surface area contributed by atoms with Crippen LogP contribution in [0.3, 0.4) is 0 Å². The van der Waals surface area contributed by atoms with Crippen molar-refractivity contribution in [1.82, 2.24) is 14.2 Å². The number of fused-ring (bicyclic) bond motifs is 1. The van der Waals surface area contributed by atoms with Crippen molar-refractivity contribution >= 4 is 22.0 Å². The molecule has 1 amide bonds. The number of benzene rings is 1. The number of sulfonamides is 1. The van der Waals surface area contributed by atoms with Crippen molar-refractivity contribution in [3.05, 3.63) is 59.9 Å². The molecular weight excluding hydrogens is 454 g/mol. The zero-order chi connectivity index (χ0) is 24.9. The molecule has 3 rings (SSSR count). The van der Waals surface area contributed by atoms with Crippen LogP contribution >= 0.6 is 0 Å². The maximum absolute atomic E-state index is 13.5. The molecule has 0 spiro atoms. The third-order valence-electron chi connectivity index (χ3n) is 6.03. The largest absolute Gasteiger partial charge is 0.487 e. The van der Waals surface area contributed by atoms with E-state index >= 15 is 0 Å². The van der Waals surface area contributed by atoms with Crippen molar-refractivity contribution in [2.24, 2.45) is 5.92 Å². The summed E-state index contributed by atoms with van der Waals surface area (Å²) in [6.07, 6.45) is 6.83. The summed E-state index contributed by atoms with van der Waals surface area (Å²) in [7, 11) is -2.17. The molecule has 0 saturated carbocycles. The number of allylic oxidation sites excluding steroid dienone is 1. The Kier molecular flexibility index (Phi) is 8.46. The minimum Gasteiger partial charge on any atom is -0.487 e. The lowest BCUT2D eigenvalue weighted by atomic mass is 10.0. The van der Waals surface area contributed by atoms with E-state index in [1.54, 1.807) is 61.6 Å². The van der Waals surface area contributed by atoms with Crippen LogP contribution in [0.4, 0.5) is 0 Å². The SMILES string of the molecule is C/C=C/c1ccc2c(c1)O[C@H](CN(C)C(=O)Cc1ccncc1)[C@@H](C)CN([C@@H](C)CO)S2(=O)=O. The van der Waals surface area contributed by atoms with Crippen LogP contribution in [0.15, 0.2) is 53.7 Å². The Morgan fingerprint density at radius 3 is 2.68 bits per heavy atom. The number of ether oxygens (including phenoxy) is 1. The molecule has 0 fully saturated rings. The van der Waals surface area contributed by atoms with E-state index in [2.05, 4.69) is 4.98 Å². The highest BCUT2D eigenvalue weighted by Crippen LogP contribution is 2.34. The van der Waals surface area contributed by atoms with Gasteiger partial charge in [-0.25, -0.2) is 8.42 Å². The van der Waals surface area contributed by atoms with E-state index in [1.807, 2.05) is 26.0 Å². The molecule has 0 saturated heterocycles. The van der Waals surface area contributed by atoms with Crippen LogP contribution in [0.5, 0.6) is 5.75 Å². The predicted molar refractivity (Wildman–Crippen MR) is 131 cm³/mol. The number of aromatic nitrogens is 1. The third kappa shape index (κ3) is 5.84. The summed E-state index contributed by atoms with van der Waals surface area (Å²) in [4.78, 5) is 18.5. The molecule has 0 aliphatic carbocycles. The van der Waals surface area contributed by atoms with Gasteiger partial charge in [-0.1, -0.05) is 25.1 Å². The number of hydrogen-bond acceptors (Lipinski definition) is 6. The fourth-order valence-electron chi connectivity index (χ4n) is 3.94. The summed E-state index contributed by atoms with van der Waals surface area (Å²) < 4.78 is 34.6. The van der Waals surface area contributed by atoms with Crippen molar-refractivity contribution in [1.29, 1.82) is 0 Å². The highest BCUT2D eigenvalue weighted by atomic mass is 32.2. The molecule has 9 heteroatoms. The maximum Gasteiger partial charge on any atom is 0.247 e. The fraction of sp³-hybridized carbons (Fsp3) is 0.440. The number of nitrogens with zero attached hydrogens (tertiary/aromatic N) is 3.